The Kier molecular flexibility index (Phi) is 7.90. The molecule has 2 aromatic heterocycles. The molecule has 0 spiro atoms. The molecule has 36 heavy (non-hydrogen) atoms. The molecular formula is C29H33N5O2. The fraction of sp³-hybridized carbons (Fsp3) is 0.310. The van der Waals surface area contributed by atoms with Crippen LogP contribution in [0, 0.1) is 12.8 Å². The Morgan fingerprint density at radius 1 is 1.03 bits per heavy atom. The summed E-state index contributed by atoms with van der Waals surface area (Å²) in [7, 11) is 0. The lowest BCUT2D eigenvalue weighted by Gasteiger charge is -2.35. The van der Waals surface area contributed by atoms with Crippen molar-refractivity contribution in [3.8, 4) is 0 Å². The van der Waals surface area contributed by atoms with E-state index in [1.54, 1.807) is 22.9 Å². The standard InChI is InChI=1S/C29H33N5O2/c1-20(2)26(33(18-8-16-30)28(35)23-14-12-21(3)13-15-23)27-32-24-11-7-17-31-25(24)29(36)34(27)19-22-9-5-4-6-10-22/h4-7,9-15,17,20,26H,8,16,18-19,30H2,1-3H3. The van der Waals surface area contributed by atoms with Crippen LogP contribution in [0.5, 0.6) is 0 Å². The summed E-state index contributed by atoms with van der Waals surface area (Å²) in [6, 6.07) is 20.5. The van der Waals surface area contributed by atoms with E-state index in [1.807, 2.05) is 66.4 Å². The van der Waals surface area contributed by atoms with Gasteiger partial charge in [0.1, 0.15) is 5.82 Å². The number of amides is 1. The monoisotopic (exact) mass is 483 g/mol. The highest BCUT2D eigenvalue weighted by Gasteiger charge is 2.32. The van der Waals surface area contributed by atoms with Gasteiger partial charge in [0.15, 0.2) is 5.52 Å². The van der Waals surface area contributed by atoms with Gasteiger partial charge >= 0.3 is 0 Å². The Bertz CT molecular complexity index is 1380. The van der Waals surface area contributed by atoms with E-state index in [0.29, 0.717) is 48.5 Å². The molecule has 0 saturated heterocycles. The molecule has 0 aliphatic heterocycles. The number of nitrogens with two attached hydrogens (primary N) is 1. The number of fused-ring (bicyclic) bond motifs is 1. The summed E-state index contributed by atoms with van der Waals surface area (Å²) in [5, 5.41) is 0. The van der Waals surface area contributed by atoms with Gasteiger partial charge in [0.2, 0.25) is 0 Å². The number of nitrogens with zero attached hydrogens (tertiary/aromatic N) is 4. The summed E-state index contributed by atoms with van der Waals surface area (Å²) in [5.74, 6) is 0.436. The van der Waals surface area contributed by atoms with Gasteiger partial charge in [0, 0.05) is 18.3 Å². The van der Waals surface area contributed by atoms with Gasteiger partial charge in [0.05, 0.1) is 18.1 Å². The molecule has 186 valence electrons. The first-order chi connectivity index (χ1) is 17.4. The molecule has 0 fully saturated rings. The molecule has 0 saturated carbocycles. The zero-order valence-electron chi connectivity index (χ0n) is 21.1. The fourth-order valence-corrected chi connectivity index (χ4v) is 4.50. The lowest BCUT2D eigenvalue weighted by molar-refractivity contribution is 0.0602. The second-order valence-corrected chi connectivity index (χ2v) is 9.41. The molecule has 1 amide bonds. The molecule has 1 unspecified atom stereocenters. The van der Waals surface area contributed by atoms with E-state index in [0.717, 1.165) is 11.1 Å². The van der Waals surface area contributed by atoms with E-state index in [1.165, 1.54) is 0 Å². The number of aromatic nitrogens is 3. The van der Waals surface area contributed by atoms with Gasteiger partial charge in [-0.05, 0) is 55.6 Å². The lowest BCUT2D eigenvalue weighted by Crippen LogP contribution is -2.42. The van der Waals surface area contributed by atoms with Crippen LogP contribution in [0.1, 0.15) is 53.6 Å². The first-order valence-electron chi connectivity index (χ1n) is 12.4. The molecule has 4 rings (SSSR count). The zero-order chi connectivity index (χ0) is 25.7. The molecule has 2 N–H and O–H groups in total. The predicted octanol–water partition coefficient (Wildman–Crippen LogP) is 4.34. The molecule has 0 bridgehead atoms. The maximum Gasteiger partial charge on any atom is 0.280 e. The van der Waals surface area contributed by atoms with Gasteiger partial charge in [0.25, 0.3) is 11.5 Å². The van der Waals surface area contributed by atoms with Crippen LogP contribution in [0.25, 0.3) is 11.0 Å². The normalized spacial score (nSPS) is 12.1. The first kappa shape index (κ1) is 25.3. The van der Waals surface area contributed by atoms with Gasteiger partial charge in [-0.15, -0.1) is 0 Å². The Morgan fingerprint density at radius 3 is 2.42 bits per heavy atom. The Labute approximate surface area is 211 Å². The second kappa shape index (κ2) is 11.3. The van der Waals surface area contributed by atoms with Crippen molar-refractivity contribution in [3.05, 3.63) is 106 Å². The minimum absolute atomic E-state index is 0.0137. The van der Waals surface area contributed by atoms with Crippen molar-refractivity contribution in [1.82, 2.24) is 19.4 Å². The van der Waals surface area contributed by atoms with Crippen LogP contribution in [0.15, 0.2) is 77.7 Å². The summed E-state index contributed by atoms with van der Waals surface area (Å²) in [5.41, 5.74) is 9.14. The summed E-state index contributed by atoms with van der Waals surface area (Å²) in [6.07, 6.45) is 2.24. The van der Waals surface area contributed by atoms with Crippen molar-refractivity contribution >= 4 is 16.9 Å². The van der Waals surface area contributed by atoms with Gasteiger partial charge < -0.3 is 10.6 Å². The quantitative estimate of drug-likeness (QED) is 0.382. The van der Waals surface area contributed by atoms with E-state index in [-0.39, 0.29) is 17.4 Å². The molecule has 7 heteroatoms. The summed E-state index contributed by atoms with van der Waals surface area (Å²) < 4.78 is 1.67. The summed E-state index contributed by atoms with van der Waals surface area (Å²) >= 11 is 0. The van der Waals surface area contributed by atoms with Gasteiger partial charge in [-0.2, -0.15) is 0 Å². The number of hydrogen-bond donors (Lipinski definition) is 1. The molecule has 0 radical (unpaired) electrons. The van der Waals surface area contributed by atoms with Crippen molar-refractivity contribution < 1.29 is 4.79 Å². The van der Waals surface area contributed by atoms with E-state index in [4.69, 9.17) is 10.7 Å². The number of pyridine rings is 1. The van der Waals surface area contributed by atoms with E-state index >= 15 is 0 Å². The summed E-state index contributed by atoms with van der Waals surface area (Å²) in [6.45, 7) is 7.34. The third-order valence-electron chi connectivity index (χ3n) is 6.32. The van der Waals surface area contributed by atoms with Crippen molar-refractivity contribution in [2.45, 2.75) is 39.8 Å². The smallest absolute Gasteiger partial charge is 0.280 e. The lowest BCUT2D eigenvalue weighted by atomic mass is 9.98. The highest BCUT2D eigenvalue weighted by atomic mass is 16.2. The molecular weight excluding hydrogens is 450 g/mol. The Morgan fingerprint density at radius 2 is 1.75 bits per heavy atom. The van der Waals surface area contributed by atoms with Crippen LogP contribution in [0.3, 0.4) is 0 Å². The molecule has 2 heterocycles. The number of hydrogen-bond acceptors (Lipinski definition) is 5. The Balaban J connectivity index is 1.91. The van der Waals surface area contributed by atoms with Crippen LogP contribution in [0.2, 0.25) is 0 Å². The average molecular weight is 484 g/mol. The molecule has 2 aromatic carbocycles. The SMILES string of the molecule is Cc1ccc(C(=O)N(CCCN)C(c2nc3cccnc3c(=O)n2Cc2ccccc2)C(C)C)cc1. The number of carbonyl (C=O) groups is 1. The minimum Gasteiger partial charge on any atom is -0.330 e. The highest BCUT2D eigenvalue weighted by molar-refractivity contribution is 5.94. The molecule has 0 aliphatic carbocycles. The highest BCUT2D eigenvalue weighted by Crippen LogP contribution is 2.30. The van der Waals surface area contributed by atoms with Gasteiger partial charge in [-0.3, -0.25) is 14.2 Å². The van der Waals surface area contributed by atoms with E-state index in [2.05, 4.69) is 18.8 Å². The molecule has 0 aliphatic rings. The molecule has 1 atom stereocenters. The van der Waals surface area contributed by atoms with Crippen LogP contribution in [-0.4, -0.2) is 38.4 Å². The van der Waals surface area contributed by atoms with Crippen molar-refractivity contribution in [3.63, 3.8) is 0 Å². The number of benzene rings is 2. The van der Waals surface area contributed by atoms with Crippen LogP contribution in [0.4, 0.5) is 0 Å². The third kappa shape index (κ3) is 5.36. The van der Waals surface area contributed by atoms with Crippen LogP contribution in [-0.2, 0) is 6.54 Å². The fourth-order valence-electron chi connectivity index (χ4n) is 4.50. The Hall–Kier alpha value is -3.84. The predicted molar refractivity (Wildman–Crippen MR) is 143 cm³/mol. The van der Waals surface area contributed by atoms with Gasteiger partial charge in [-0.25, -0.2) is 9.97 Å². The van der Waals surface area contributed by atoms with Crippen molar-refractivity contribution in [1.29, 1.82) is 0 Å². The first-order valence-corrected chi connectivity index (χ1v) is 12.4. The minimum atomic E-state index is -0.439. The van der Waals surface area contributed by atoms with E-state index < -0.39 is 6.04 Å². The third-order valence-corrected chi connectivity index (χ3v) is 6.32. The van der Waals surface area contributed by atoms with E-state index in [9.17, 15) is 9.59 Å². The maximum atomic E-state index is 13.9. The molecule has 4 aromatic rings. The van der Waals surface area contributed by atoms with Gasteiger partial charge in [-0.1, -0.05) is 61.9 Å². The average Bonchev–Trinajstić information content (AvgIpc) is 2.89. The maximum absolute atomic E-state index is 13.9. The number of rotatable bonds is 9. The van der Waals surface area contributed by atoms with Crippen molar-refractivity contribution in [2.24, 2.45) is 11.7 Å². The second-order valence-electron chi connectivity index (χ2n) is 9.41. The zero-order valence-corrected chi connectivity index (χ0v) is 21.1. The molecule has 7 nitrogen and oxygen atoms in total. The largest absolute Gasteiger partial charge is 0.330 e. The number of aryl methyl sites for hydroxylation is 1. The van der Waals surface area contributed by atoms with Crippen LogP contribution >= 0.6 is 0 Å². The topological polar surface area (TPSA) is 94.1 Å². The summed E-state index contributed by atoms with van der Waals surface area (Å²) in [4.78, 5) is 38.7. The van der Waals surface area contributed by atoms with Crippen molar-refractivity contribution in [2.75, 3.05) is 13.1 Å². The number of carbonyl (C=O) groups excluding carboxylic acids is 1. The van der Waals surface area contributed by atoms with Crippen LogP contribution < -0.4 is 11.3 Å².